The van der Waals surface area contributed by atoms with Crippen LogP contribution in [0.5, 0.6) is 5.75 Å². The molecule has 2 aromatic heterocycles. The highest BCUT2D eigenvalue weighted by atomic mass is 16.5. The summed E-state index contributed by atoms with van der Waals surface area (Å²) < 4.78 is 7.29. The first kappa shape index (κ1) is 17.5. The molecule has 1 amide bonds. The standard InChI is InChI=1S/C21H24N4O2/c1-27-18-8-4-6-16(14-18)10-11-20(26)24-12-5-7-17(15-24)21-23-22-19-9-2-3-13-25(19)21/h2-4,6,8-9,13-14,17H,5,7,10-12,15H2,1H3. The Balaban J connectivity index is 1.41. The van der Waals surface area contributed by atoms with Crippen molar-refractivity contribution in [1.29, 1.82) is 0 Å². The number of hydrogen-bond donors (Lipinski definition) is 0. The van der Waals surface area contributed by atoms with E-state index in [0.29, 0.717) is 13.0 Å². The van der Waals surface area contributed by atoms with E-state index in [9.17, 15) is 4.79 Å². The topological polar surface area (TPSA) is 59.7 Å². The van der Waals surface area contributed by atoms with Gasteiger partial charge in [-0.1, -0.05) is 18.2 Å². The van der Waals surface area contributed by atoms with Gasteiger partial charge in [-0.05, 0) is 49.1 Å². The first-order valence-corrected chi connectivity index (χ1v) is 9.45. The molecule has 0 N–H and O–H groups in total. The van der Waals surface area contributed by atoms with Gasteiger partial charge in [0.25, 0.3) is 0 Å². The molecule has 1 saturated heterocycles. The zero-order chi connectivity index (χ0) is 18.6. The molecule has 1 fully saturated rings. The second-order valence-electron chi connectivity index (χ2n) is 7.02. The largest absolute Gasteiger partial charge is 0.497 e. The highest BCUT2D eigenvalue weighted by Crippen LogP contribution is 2.26. The maximum atomic E-state index is 12.8. The molecule has 1 unspecified atom stereocenters. The third-order valence-electron chi connectivity index (χ3n) is 5.24. The molecule has 0 bridgehead atoms. The van der Waals surface area contributed by atoms with Crippen molar-refractivity contribution in [1.82, 2.24) is 19.5 Å². The molecule has 27 heavy (non-hydrogen) atoms. The van der Waals surface area contributed by atoms with Gasteiger partial charge in [0.05, 0.1) is 7.11 Å². The third kappa shape index (κ3) is 3.79. The number of methoxy groups -OCH3 is 1. The molecule has 0 saturated carbocycles. The number of likely N-dealkylation sites (tertiary alicyclic amines) is 1. The van der Waals surface area contributed by atoms with E-state index < -0.39 is 0 Å². The minimum atomic E-state index is 0.205. The maximum Gasteiger partial charge on any atom is 0.222 e. The summed E-state index contributed by atoms with van der Waals surface area (Å²) in [5.74, 6) is 2.22. The molecular formula is C21H24N4O2. The SMILES string of the molecule is COc1cccc(CCC(=O)N2CCCC(c3nnc4ccccn34)C2)c1. The number of aryl methyl sites for hydroxylation is 1. The first-order valence-electron chi connectivity index (χ1n) is 9.45. The molecule has 0 radical (unpaired) electrons. The Bertz CT molecular complexity index is 937. The van der Waals surface area contributed by atoms with Gasteiger partial charge in [0.1, 0.15) is 11.6 Å². The minimum absolute atomic E-state index is 0.205. The molecule has 3 aromatic rings. The van der Waals surface area contributed by atoms with E-state index in [0.717, 1.165) is 48.6 Å². The number of nitrogens with zero attached hydrogens (tertiary/aromatic N) is 4. The number of pyridine rings is 1. The highest BCUT2D eigenvalue weighted by Gasteiger charge is 2.27. The van der Waals surface area contributed by atoms with E-state index in [4.69, 9.17) is 4.74 Å². The summed E-state index contributed by atoms with van der Waals surface area (Å²) in [6.07, 6.45) is 5.27. The molecule has 6 heteroatoms. The van der Waals surface area contributed by atoms with Crippen LogP contribution in [0.1, 0.15) is 36.6 Å². The van der Waals surface area contributed by atoms with Gasteiger partial charge in [-0.2, -0.15) is 0 Å². The Kier molecular flexibility index (Phi) is 5.05. The van der Waals surface area contributed by atoms with Gasteiger partial charge >= 0.3 is 0 Å². The van der Waals surface area contributed by atoms with Crippen molar-refractivity contribution in [3.63, 3.8) is 0 Å². The number of piperidine rings is 1. The van der Waals surface area contributed by atoms with Gasteiger partial charge in [0.2, 0.25) is 5.91 Å². The van der Waals surface area contributed by atoms with Crippen LogP contribution in [-0.4, -0.2) is 45.6 Å². The van der Waals surface area contributed by atoms with Gasteiger partial charge in [0.15, 0.2) is 5.65 Å². The van der Waals surface area contributed by atoms with E-state index in [1.807, 2.05) is 58.0 Å². The van der Waals surface area contributed by atoms with Gasteiger partial charge < -0.3 is 9.64 Å². The highest BCUT2D eigenvalue weighted by molar-refractivity contribution is 5.76. The van der Waals surface area contributed by atoms with Crippen LogP contribution in [0.2, 0.25) is 0 Å². The van der Waals surface area contributed by atoms with Crippen LogP contribution >= 0.6 is 0 Å². The van der Waals surface area contributed by atoms with E-state index in [2.05, 4.69) is 10.2 Å². The molecule has 1 aliphatic heterocycles. The molecule has 3 heterocycles. The number of carbonyl (C=O) groups excluding carboxylic acids is 1. The van der Waals surface area contributed by atoms with Crippen molar-refractivity contribution in [2.45, 2.75) is 31.6 Å². The van der Waals surface area contributed by atoms with Crippen molar-refractivity contribution in [3.05, 3.63) is 60.0 Å². The number of carbonyl (C=O) groups is 1. The maximum absolute atomic E-state index is 12.8. The van der Waals surface area contributed by atoms with Crippen molar-refractivity contribution >= 4 is 11.6 Å². The lowest BCUT2D eigenvalue weighted by Crippen LogP contribution is -2.39. The molecule has 1 atom stereocenters. The van der Waals surface area contributed by atoms with Crippen LogP contribution in [-0.2, 0) is 11.2 Å². The van der Waals surface area contributed by atoms with Crippen LogP contribution in [0.15, 0.2) is 48.7 Å². The van der Waals surface area contributed by atoms with E-state index in [1.54, 1.807) is 7.11 Å². The Labute approximate surface area is 158 Å². The smallest absolute Gasteiger partial charge is 0.222 e. The fourth-order valence-electron chi connectivity index (χ4n) is 3.79. The third-order valence-corrected chi connectivity index (χ3v) is 5.24. The zero-order valence-corrected chi connectivity index (χ0v) is 15.5. The van der Waals surface area contributed by atoms with Crippen molar-refractivity contribution in [2.75, 3.05) is 20.2 Å². The molecule has 4 rings (SSSR count). The predicted octanol–water partition coefficient (Wildman–Crippen LogP) is 3.08. The summed E-state index contributed by atoms with van der Waals surface area (Å²) in [7, 11) is 1.66. The monoisotopic (exact) mass is 364 g/mol. The van der Waals surface area contributed by atoms with Gasteiger partial charge in [0, 0.05) is 31.6 Å². The fraction of sp³-hybridized carbons (Fsp3) is 0.381. The Morgan fingerprint density at radius 1 is 1.22 bits per heavy atom. The van der Waals surface area contributed by atoms with Gasteiger partial charge in [-0.3, -0.25) is 9.20 Å². The predicted molar refractivity (Wildman–Crippen MR) is 103 cm³/mol. The van der Waals surface area contributed by atoms with E-state index in [1.165, 1.54) is 0 Å². The lowest BCUT2D eigenvalue weighted by Gasteiger charge is -2.32. The number of rotatable bonds is 5. The molecular weight excluding hydrogens is 340 g/mol. The van der Waals surface area contributed by atoms with Crippen LogP contribution < -0.4 is 4.74 Å². The van der Waals surface area contributed by atoms with Crippen LogP contribution in [0.25, 0.3) is 5.65 Å². The Morgan fingerprint density at radius 2 is 2.15 bits per heavy atom. The summed E-state index contributed by atoms with van der Waals surface area (Å²) in [6, 6.07) is 13.8. The lowest BCUT2D eigenvalue weighted by molar-refractivity contribution is -0.132. The quantitative estimate of drug-likeness (QED) is 0.698. The normalized spacial score (nSPS) is 17.2. The number of ether oxygens (including phenoxy) is 1. The first-order chi connectivity index (χ1) is 13.2. The summed E-state index contributed by atoms with van der Waals surface area (Å²) >= 11 is 0. The number of hydrogen-bond acceptors (Lipinski definition) is 4. The molecule has 0 spiro atoms. The molecule has 1 aliphatic rings. The number of amides is 1. The lowest BCUT2D eigenvalue weighted by atomic mass is 9.96. The van der Waals surface area contributed by atoms with E-state index in [-0.39, 0.29) is 11.8 Å². The zero-order valence-electron chi connectivity index (χ0n) is 15.5. The van der Waals surface area contributed by atoms with E-state index >= 15 is 0 Å². The fourth-order valence-corrected chi connectivity index (χ4v) is 3.79. The Morgan fingerprint density at radius 3 is 3.04 bits per heavy atom. The molecule has 140 valence electrons. The Hall–Kier alpha value is -2.89. The summed E-state index contributed by atoms with van der Waals surface area (Å²) in [4.78, 5) is 14.7. The summed E-state index contributed by atoms with van der Waals surface area (Å²) in [6.45, 7) is 1.54. The summed E-state index contributed by atoms with van der Waals surface area (Å²) in [5, 5.41) is 8.64. The van der Waals surface area contributed by atoms with Crippen LogP contribution in [0.4, 0.5) is 0 Å². The minimum Gasteiger partial charge on any atom is -0.497 e. The van der Waals surface area contributed by atoms with Gasteiger partial charge in [-0.25, -0.2) is 0 Å². The summed E-state index contributed by atoms with van der Waals surface area (Å²) in [5.41, 5.74) is 1.98. The van der Waals surface area contributed by atoms with Crippen molar-refractivity contribution in [2.24, 2.45) is 0 Å². The van der Waals surface area contributed by atoms with Crippen molar-refractivity contribution < 1.29 is 9.53 Å². The van der Waals surface area contributed by atoms with Crippen LogP contribution in [0.3, 0.4) is 0 Å². The number of aromatic nitrogens is 3. The molecule has 0 aliphatic carbocycles. The van der Waals surface area contributed by atoms with Crippen LogP contribution in [0, 0.1) is 0 Å². The molecule has 6 nitrogen and oxygen atoms in total. The molecule has 1 aromatic carbocycles. The van der Waals surface area contributed by atoms with Crippen molar-refractivity contribution in [3.8, 4) is 5.75 Å². The number of benzene rings is 1. The average molecular weight is 364 g/mol. The number of fused-ring (bicyclic) bond motifs is 1. The van der Waals surface area contributed by atoms with Gasteiger partial charge in [-0.15, -0.1) is 10.2 Å². The average Bonchev–Trinajstić information content (AvgIpc) is 3.16. The second kappa shape index (κ2) is 7.78. The second-order valence-corrected chi connectivity index (χ2v) is 7.02.